The fourth-order valence-electron chi connectivity index (χ4n) is 1.64. The number of aliphatic carboxylic acids is 1. The van der Waals surface area contributed by atoms with Crippen molar-refractivity contribution < 1.29 is 23.8 Å². The zero-order valence-corrected chi connectivity index (χ0v) is 10.7. The second kappa shape index (κ2) is 5.88. The molecule has 2 aromatic rings. The molecule has 0 unspecified atom stereocenters. The summed E-state index contributed by atoms with van der Waals surface area (Å²) in [5.74, 6) is -0.405. The van der Waals surface area contributed by atoms with Gasteiger partial charge in [0.1, 0.15) is 11.5 Å². The van der Waals surface area contributed by atoms with Gasteiger partial charge in [-0.05, 0) is 30.3 Å². The first-order valence-electron chi connectivity index (χ1n) is 5.80. The largest absolute Gasteiger partial charge is 0.478 e. The molecule has 1 N–H and O–H groups in total. The highest BCUT2D eigenvalue weighted by Crippen LogP contribution is 2.23. The van der Waals surface area contributed by atoms with Crippen molar-refractivity contribution in [3.05, 3.63) is 53.8 Å². The summed E-state index contributed by atoms with van der Waals surface area (Å²) >= 11 is 0. The molecule has 0 radical (unpaired) electrons. The number of benzene rings is 1. The lowest BCUT2D eigenvalue weighted by Crippen LogP contribution is -2.00. The van der Waals surface area contributed by atoms with Crippen LogP contribution in [0.5, 0.6) is 0 Å². The summed E-state index contributed by atoms with van der Waals surface area (Å²) in [4.78, 5) is 21.7. The van der Waals surface area contributed by atoms with Crippen LogP contribution in [0.1, 0.15) is 16.1 Å². The predicted molar refractivity (Wildman–Crippen MR) is 72.2 cm³/mol. The van der Waals surface area contributed by atoms with E-state index in [0.29, 0.717) is 17.1 Å². The van der Waals surface area contributed by atoms with Crippen LogP contribution in [-0.4, -0.2) is 24.2 Å². The molecule has 20 heavy (non-hydrogen) atoms. The molecule has 0 aliphatic carbocycles. The molecule has 2 rings (SSSR count). The fraction of sp³-hybridized carbons (Fsp3) is 0.0667. The summed E-state index contributed by atoms with van der Waals surface area (Å²) < 4.78 is 10.1. The maximum Gasteiger partial charge on any atom is 0.337 e. The van der Waals surface area contributed by atoms with Crippen molar-refractivity contribution in [1.82, 2.24) is 0 Å². The molecule has 1 aromatic heterocycles. The molecule has 0 atom stereocenters. The van der Waals surface area contributed by atoms with Gasteiger partial charge in [0, 0.05) is 11.6 Å². The summed E-state index contributed by atoms with van der Waals surface area (Å²) in [6.45, 7) is 0. The average molecular weight is 272 g/mol. The number of methoxy groups -OCH3 is 1. The minimum Gasteiger partial charge on any atom is -0.478 e. The highest BCUT2D eigenvalue weighted by atomic mass is 16.5. The number of carboxylic acid groups (broad SMARTS) is 1. The molecule has 1 heterocycles. The van der Waals surface area contributed by atoms with E-state index < -0.39 is 11.9 Å². The van der Waals surface area contributed by atoms with Crippen LogP contribution in [0.4, 0.5) is 0 Å². The van der Waals surface area contributed by atoms with Crippen LogP contribution in [-0.2, 0) is 9.53 Å². The summed E-state index contributed by atoms with van der Waals surface area (Å²) in [6.07, 6.45) is 2.37. The summed E-state index contributed by atoms with van der Waals surface area (Å²) in [6, 6.07) is 10.1. The Morgan fingerprint density at radius 1 is 1.15 bits per heavy atom. The van der Waals surface area contributed by atoms with Crippen molar-refractivity contribution in [2.45, 2.75) is 0 Å². The molecule has 0 saturated carbocycles. The third kappa shape index (κ3) is 3.14. The van der Waals surface area contributed by atoms with Crippen LogP contribution >= 0.6 is 0 Å². The molecule has 0 fully saturated rings. The smallest absolute Gasteiger partial charge is 0.337 e. The molecule has 1 aromatic carbocycles. The van der Waals surface area contributed by atoms with Crippen LogP contribution in [0.25, 0.3) is 17.4 Å². The van der Waals surface area contributed by atoms with Gasteiger partial charge >= 0.3 is 11.9 Å². The van der Waals surface area contributed by atoms with Gasteiger partial charge in [-0.1, -0.05) is 12.1 Å². The number of carbonyl (C=O) groups excluding carboxylic acids is 1. The van der Waals surface area contributed by atoms with Crippen LogP contribution in [0, 0.1) is 0 Å². The molecule has 0 spiro atoms. The van der Waals surface area contributed by atoms with Crippen LogP contribution < -0.4 is 0 Å². The van der Waals surface area contributed by atoms with Crippen molar-refractivity contribution in [2.75, 3.05) is 7.11 Å². The summed E-state index contributed by atoms with van der Waals surface area (Å²) in [5.41, 5.74) is 1.24. The number of hydrogen-bond acceptors (Lipinski definition) is 4. The van der Waals surface area contributed by atoms with Gasteiger partial charge in [-0.25, -0.2) is 9.59 Å². The lowest BCUT2D eigenvalue weighted by molar-refractivity contribution is -0.131. The van der Waals surface area contributed by atoms with Gasteiger partial charge < -0.3 is 14.3 Å². The third-order valence-electron chi connectivity index (χ3n) is 2.61. The number of carbonyl (C=O) groups is 2. The maximum absolute atomic E-state index is 11.3. The molecule has 0 saturated heterocycles. The molecule has 0 bridgehead atoms. The Hall–Kier alpha value is -2.82. The van der Waals surface area contributed by atoms with E-state index in [1.54, 1.807) is 36.4 Å². The number of hydrogen-bond donors (Lipinski definition) is 1. The topological polar surface area (TPSA) is 76.7 Å². The Morgan fingerprint density at radius 3 is 2.45 bits per heavy atom. The molecule has 0 aliphatic rings. The Kier molecular flexibility index (Phi) is 4.00. The SMILES string of the molecule is COC(=O)c1ccc(-c2ccc(C=CC(=O)O)o2)cc1. The zero-order chi connectivity index (χ0) is 14.5. The van der Waals surface area contributed by atoms with E-state index in [0.717, 1.165) is 11.6 Å². The normalized spacial score (nSPS) is 10.7. The second-order valence-electron chi connectivity index (χ2n) is 3.94. The lowest BCUT2D eigenvalue weighted by atomic mass is 10.1. The van der Waals surface area contributed by atoms with E-state index in [1.807, 2.05) is 0 Å². The van der Waals surface area contributed by atoms with Gasteiger partial charge in [-0.3, -0.25) is 0 Å². The first-order valence-corrected chi connectivity index (χ1v) is 5.80. The molecular weight excluding hydrogens is 260 g/mol. The first-order chi connectivity index (χ1) is 9.60. The Bertz CT molecular complexity index is 649. The minimum absolute atomic E-state index is 0.402. The van der Waals surface area contributed by atoms with Crippen molar-refractivity contribution in [3.63, 3.8) is 0 Å². The Morgan fingerprint density at radius 2 is 1.85 bits per heavy atom. The number of esters is 1. The quantitative estimate of drug-likeness (QED) is 0.684. The number of carboxylic acids is 1. The van der Waals surface area contributed by atoms with Gasteiger partial charge in [0.2, 0.25) is 0 Å². The molecule has 5 heteroatoms. The van der Waals surface area contributed by atoms with Crippen molar-refractivity contribution >= 4 is 18.0 Å². The van der Waals surface area contributed by atoms with E-state index in [4.69, 9.17) is 9.52 Å². The predicted octanol–water partition coefficient (Wildman–Crippen LogP) is 2.83. The minimum atomic E-state index is -1.04. The van der Waals surface area contributed by atoms with E-state index in [-0.39, 0.29) is 0 Å². The molecule has 102 valence electrons. The third-order valence-corrected chi connectivity index (χ3v) is 2.61. The van der Waals surface area contributed by atoms with Gasteiger partial charge in [0.15, 0.2) is 0 Å². The van der Waals surface area contributed by atoms with Gasteiger partial charge in [0.05, 0.1) is 12.7 Å². The summed E-state index contributed by atoms with van der Waals surface area (Å²) in [5, 5.41) is 8.53. The van der Waals surface area contributed by atoms with Gasteiger partial charge in [-0.15, -0.1) is 0 Å². The highest BCUT2D eigenvalue weighted by molar-refractivity contribution is 5.89. The van der Waals surface area contributed by atoms with Crippen LogP contribution in [0.3, 0.4) is 0 Å². The lowest BCUT2D eigenvalue weighted by Gasteiger charge is -2.00. The molecule has 0 aliphatic heterocycles. The van der Waals surface area contributed by atoms with Crippen LogP contribution in [0.2, 0.25) is 0 Å². The van der Waals surface area contributed by atoms with E-state index in [9.17, 15) is 9.59 Å². The van der Waals surface area contributed by atoms with E-state index in [1.165, 1.54) is 13.2 Å². The second-order valence-corrected chi connectivity index (χ2v) is 3.94. The monoisotopic (exact) mass is 272 g/mol. The standard InChI is InChI=1S/C15H12O5/c1-19-15(18)11-4-2-10(3-5-11)13-8-6-12(20-13)7-9-14(16)17/h2-9H,1H3,(H,16,17). The highest BCUT2D eigenvalue weighted by Gasteiger charge is 2.07. The van der Waals surface area contributed by atoms with E-state index >= 15 is 0 Å². The average Bonchev–Trinajstić information content (AvgIpc) is 2.93. The first kappa shape index (κ1) is 13.6. The van der Waals surface area contributed by atoms with Gasteiger partial charge in [-0.2, -0.15) is 0 Å². The molecular formula is C15H12O5. The zero-order valence-electron chi connectivity index (χ0n) is 10.7. The van der Waals surface area contributed by atoms with Crippen molar-refractivity contribution in [2.24, 2.45) is 0 Å². The molecule has 5 nitrogen and oxygen atoms in total. The van der Waals surface area contributed by atoms with Gasteiger partial charge in [0.25, 0.3) is 0 Å². The van der Waals surface area contributed by atoms with Crippen LogP contribution in [0.15, 0.2) is 46.9 Å². The summed E-state index contributed by atoms with van der Waals surface area (Å²) in [7, 11) is 1.32. The number of rotatable bonds is 4. The number of ether oxygens (including phenoxy) is 1. The Labute approximate surface area is 115 Å². The van der Waals surface area contributed by atoms with Crippen molar-refractivity contribution in [3.8, 4) is 11.3 Å². The van der Waals surface area contributed by atoms with Crippen molar-refractivity contribution in [1.29, 1.82) is 0 Å². The van der Waals surface area contributed by atoms with E-state index in [2.05, 4.69) is 4.74 Å². The fourth-order valence-corrected chi connectivity index (χ4v) is 1.64. The Balaban J connectivity index is 2.20. The number of furan rings is 1. The molecule has 0 amide bonds. The maximum atomic E-state index is 11.3.